The van der Waals surface area contributed by atoms with Gasteiger partial charge in [-0.25, -0.2) is 8.42 Å². The van der Waals surface area contributed by atoms with Crippen molar-refractivity contribution >= 4 is 50.7 Å². The largest absolute Gasteiger partial charge is 0.352 e. The molecule has 3 aromatic carbocycles. The van der Waals surface area contributed by atoms with Crippen LogP contribution in [-0.4, -0.2) is 43.8 Å². The van der Waals surface area contributed by atoms with Crippen molar-refractivity contribution in [1.29, 1.82) is 0 Å². The Balaban J connectivity index is 2.09. The van der Waals surface area contributed by atoms with E-state index in [1.165, 1.54) is 17.0 Å². The lowest BCUT2D eigenvalue weighted by atomic mass is 10.0. The quantitative estimate of drug-likeness (QED) is 0.234. The van der Waals surface area contributed by atoms with Crippen LogP contribution in [0.3, 0.4) is 0 Å². The fourth-order valence-corrected chi connectivity index (χ4v) is 6.26. The number of nitrogens with one attached hydrogen (secondary N) is 1. The van der Waals surface area contributed by atoms with Crippen molar-refractivity contribution in [3.05, 3.63) is 93.5 Å². The van der Waals surface area contributed by atoms with Crippen LogP contribution in [0, 0.1) is 6.92 Å². The Bertz CT molecular complexity index is 1490. The molecule has 1 unspecified atom stereocenters. The second-order valence-corrected chi connectivity index (χ2v) is 13.6. The SMILES string of the molecule is CCC(C(=O)NC(C)C)N(Cc1ccc(Cl)c(Cl)c1)C(=O)CN(c1ccc(C(C)C)cc1)S(=O)(=O)c1ccc(C)cc1. The van der Waals surface area contributed by atoms with Crippen LogP contribution in [-0.2, 0) is 26.2 Å². The van der Waals surface area contributed by atoms with Gasteiger partial charge in [0.05, 0.1) is 20.6 Å². The molecule has 0 aromatic heterocycles. The molecule has 0 aliphatic carbocycles. The van der Waals surface area contributed by atoms with Gasteiger partial charge in [-0.05, 0) is 80.6 Å². The summed E-state index contributed by atoms with van der Waals surface area (Å²) in [4.78, 5) is 28.9. The summed E-state index contributed by atoms with van der Waals surface area (Å²) >= 11 is 12.4. The van der Waals surface area contributed by atoms with Gasteiger partial charge in [-0.1, -0.05) is 79.9 Å². The third-order valence-electron chi connectivity index (χ3n) is 6.89. The number of aryl methyl sites for hydroxylation is 1. The maximum Gasteiger partial charge on any atom is 0.264 e. The normalized spacial score (nSPS) is 12.3. The minimum atomic E-state index is -4.14. The Morgan fingerprint density at radius 1 is 0.881 bits per heavy atom. The number of carbonyl (C=O) groups excluding carboxylic acids is 2. The minimum absolute atomic E-state index is 0.0322. The number of nitrogens with zero attached hydrogens (tertiary/aromatic N) is 2. The van der Waals surface area contributed by atoms with Gasteiger partial charge >= 0.3 is 0 Å². The lowest BCUT2D eigenvalue weighted by Crippen LogP contribution is -2.53. The van der Waals surface area contributed by atoms with Crippen LogP contribution in [0.5, 0.6) is 0 Å². The van der Waals surface area contributed by atoms with E-state index in [0.29, 0.717) is 27.7 Å². The molecule has 1 atom stereocenters. The maximum atomic E-state index is 14.2. The fourth-order valence-electron chi connectivity index (χ4n) is 4.53. The number of benzene rings is 3. The fraction of sp³-hybridized carbons (Fsp3) is 0.375. The zero-order chi connectivity index (χ0) is 31.2. The molecule has 0 aliphatic heterocycles. The van der Waals surface area contributed by atoms with E-state index in [1.54, 1.807) is 42.5 Å². The van der Waals surface area contributed by atoms with Crippen LogP contribution in [0.15, 0.2) is 71.6 Å². The van der Waals surface area contributed by atoms with E-state index < -0.39 is 28.5 Å². The van der Waals surface area contributed by atoms with Crippen molar-refractivity contribution in [3.8, 4) is 0 Å². The van der Waals surface area contributed by atoms with E-state index in [-0.39, 0.29) is 29.3 Å². The predicted molar refractivity (Wildman–Crippen MR) is 171 cm³/mol. The number of rotatable bonds is 12. The summed E-state index contributed by atoms with van der Waals surface area (Å²) in [6.45, 7) is 11.0. The number of hydrogen-bond donors (Lipinski definition) is 1. The molecular weight excluding hydrogens is 593 g/mol. The van der Waals surface area contributed by atoms with E-state index in [2.05, 4.69) is 5.32 Å². The average Bonchev–Trinajstić information content (AvgIpc) is 2.93. The molecule has 10 heteroatoms. The van der Waals surface area contributed by atoms with Crippen molar-refractivity contribution < 1.29 is 18.0 Å². The molecule has 0 spiro atoms. The Hall–Kier alpha value is -3.07. The van der Waals surface area contributed by atoms with E-state index >= 15 is 0 Å². The van der Waals surface area contributed by atoms with Gasteiger partial charge in [0.25, 0.3) is 10.0 Å². The zero-order valence-corrected chi connectivity index (χ0v) is 27.2. The van der Waals surface area contributed by atoms with E-state index in [4.69, 9.17) is 23.2 Å². The van der Waals surface area contributed by atoms with Gasteiger partial charge in [0.2, 0.25) is 11.8 Å². The van der Waals surface area contributed by atoms with Crippen LogP contribution in [0.2, 0.25) is 10.0 Å². The summed E-state index contributed by atoms with van der Waals surface area (Å²) in [5.41, 5.74) is 2.95. The first-order valence-electron chi connectivity index (χ1n) is 14.0. The summed E-state index contributed by atoms with van der Waals surface area (Å²) < 4.78 is 29.2. The van der Waals surface area contributed by atoms with Crippen LogP contribution < -0.4 is 9.62 Å². The van der Waals surface area contributed by atoms with Gasteiger partial charge in [-0.15, -0.1) is 0 Å². The molecule has 3 rings (SSSR count). The van der Waals surface area contributed by atoms with Gasteiger partial charge in [-0.3, -0.25) is 13.9 Å². The Morgan fingerprint density at radius 2 is 1.50 bits per heavy atom. The van der Waals surface area contributed by atoms with Crippen LogP contribution in [0.1, 0.15) is 63.6 Å². The first-order valence-corrected chi connectivity index (χ1v) is 16.2. The minimum Gasteiger partial charge on any atom is -0.352 e. The summed E-state index contributed by atoms with van der Waals surface area (Å²) in [5, 5.41) is 3.57. The first-order chi connectivity index (χ1) is 19.7. The molecular formula is C32H39Cl2N3O4S. The van der Waals surface area contributed by atoms with Crippen molar-refractivity contribution in [2.75, 3.05) is 10.8 Å². The van der Waals surface area contributed by atoms with E-state index in [1.807, 2.05) is 53.7 Å². The standard InChI is InChI=1S/C32H39Cl2N3O4S/c1-7-30(32(39)35-22(4)5)36(19-24-10-17-28(33)29(34)18-24)31(38)20-37(26-13-11-25(12-14-26)21(2)3)42(40,41)27-15-8-23(6)9-16-27/h8-18,21-22,30H,7,19-20H2,1-6H3,(H,35,39). The lowest BCUT2D eigenvalue weighted by molar-refractivity contribution is -0.140. The van der Waals surface area contributed by atoms with Gasteiger partial charge in [-0.2, -0.15) is 0 Å². The van der Waals surface area contributed by atoms with E-state index in [9.17, 15) is 18.0 Å². The highest BCUT2D eigenvalue weighted by Gasteiger charge is 2.34. The second-order valence-electron chi connectivity index (χ2n) is 10.9. The molecule has 0 aliphatic rings. The number of amides is 2. The number of anilines is 1. The smallest absolute Gasteiger partial charge is 0.264 e. The van der Waals surface area contributed by atoms with Crippen LogP contribution in [0.4, 0.5) is 5.69 Å². The van der Waals surface area contributed by atoms with Gasteiger partial charge in [0.1, 0.15) is 12.6 Å². The van der Waals surface area contributed by atoms with Crippen LogP contribution >= 0.6 is 23.2 Å². The molecule has 2 amide bonds. The lowest BCUT2D eigenvalue weighted by Gasteiger charge is -2.33. The van der Waals surface area contributed by atoms with Crippen LogP contribution in [0.25, 0.3) is 0 Å². The molecule has 3 aromatic rings. The third-order valence-corrected chi connectivity index (χ3v) is 9.42. The summed E-state index contributed by atoms with van der Waals surface area (Å²) in [7, 11) is -4.14. The first kappa shape index (κ1) is 33.4. The molecule has 0 heterocycles. The summed E-state index contributed by atoms with van der Waals surface area (Å²) in [5.74, 6) is -0.611. The molecule has 0 radical (unpaired) electrons. The van der Waals surface area contributed by atoms with Crippen molar-refractivity contribution in [2.45, 2.75) is 77.4 Å². The number of sulfonamides is 1. The Kier molecular flexibility index (Phi) is 11.5. The van der Waals surface area contributed by atoms with Gasteiger partial charge in [0, 0.05) is 12.6 Å². The third kappa shape index (κ3) is 8.27. The zero-order valence-electron chi connectivity index (χ0n) is 24.9. The Morgan fingerprint density at radius 3 is 2.02 bits per heavy atom. The molecule has 7 nitrogen and oxygen atoms in total. The highest BCUT2D eigenvalue weighted by atomic mass is 35.5. The predicted octanol–water partition coefficient (Wildman–Crippen LogP) is 6.95. The Labute approximate surface area is 259 Å². The topological polar surface area (TPSA) is 86.8 Å². The number of halogens is 2. The maximum absolute atomic E-state index is 14.2. The van der Waals surface area contributed by atoms with E-state index in [0.717, 1.165) is 15.4 Å². The average molecular weight is 633 g/mol. The molecule has 42 heavy (non-hydrogen) atoms. The van der Waals surface area contributed by atoms with Crippen molar-refractivity contribution in [3.63, 3.8) is 0 Å². The molecule has 0 saturated carbocycles. The summed E-state index contributed by atoms with van der Waals surface area (Å²) in [6.07, 6.45) is 0.319. The molecule has 0 saturated heterocycles. The second kappa shape index (κ2) is 14.4. The molecule has 0 bridgehead atoms. The highest BCUT2D eigenvalue weighted by molar-refractivity contribution is 7.92. The highest BCUT2D eigenvalue weighted by Crippen LogP contribution is 2.28. The molecule has 226 valence electrons. The van der Waals surface area contributed by atoms with Gasteiger partial charge in [0.15, 0.2) is 0 Å². The molecule has 0 fully saturated rings. The number of carbonyl (C=O) groups is 2. The molecule has 1 N–H and O–H groups in total. The number of hydrogen-bond acceptors (Lipinski definition) is 4. The van der Waals surface area contributed by atoms with Crippen molar-refractivity contribution in [2.24, 2.45) is 0 Å². The van der Waals surface area contributed by atoms with Crippen molar-refractivity contribution in [1.82, 2.24) is 10.2 Å². The van der Waals surface area contributed by atoms with Gasteiger partial charge < -0.3 is 10.2 Å². The summed E-state index contributed by atoms with van der Waals surface area (Å²) in [6, 6.07) is 17.6. The monoisotopic (exact) mass is 631 g/mol.